The first-order valence-corrected chi connectivity index (χ1v) is 8.11. The number of nitrogens with zero attached hydrogens (tertiary/aromatic N) is 1. The topological polar surface area (TPSA) is 107 Å². The molecule has 118 valence electrons. The van der Waals surface area contributed by atoms with Crippen LogP contribution in [0.15, 0.2) is 0 Å². The highest BCUT2D eigenvalue weighted by Crippen LogP contribution is 2.13. The number of carbonyl (C=O) groups is 2. The minimum atomic E-state index is -1.21. The third-order valence-corrected chi connectivity index (χ3v) is 3.88. The van der Waals surface area contributed by atoms with Crippen LogP contribution in [0, 0.1) is 3.95 Å². The Labute approximate surface area is 132 Å². The average Bonchev–Trinajstić information content (AvgIpc) is 2.82. The van der Waals surface area contributed by atoms with Gasteiger partial charge in [0.2, 0.25) is 11.0 Å². The Morgan fingerprint density at radius 3 is 2.67 bits per heavy atom. The average molecular weight is 332 g/mol. The van der Waals surface area contributed by atoms with Gasteiger partial charge in [0.1, 0.15) is 6.04 Å². The van der Waals surface area contributed by atoms with Gasteiger partial charge in [-0.2, -0.15) is 0 Å². The van der Waals surface area contributed by atoms with Crippen molar-refractivity contribution in [2.24, 2.45) is 0 Å². The summed E-state index contributed by atoms with van der Waals surface area (Å²) >= 11 is 6.00. The van der Waals surface area contributed by atoms with E-state index < -0.39 is 18.0 Å². The predicted molar refractivity (Wildman–Crippen MR) is 84.3 cm³/mol. The van der Waals surface area contributed by atoms with E-state index in [9.17, 15) is 9.59 Å². The van der Waals surface area contributed by atoms with Crippen molar-refractivity contribution in [1.29, 1.82) is 0 Å². The molecule has 1 aromatic rings. The van der Waals surface area contributed by atoms with Crippen molar-refractivity contribution in [1.82, 2.24) is 15.5 Å². The summed E-state index contributed by atoms with van der Waals surface area (Å²) in [5, 5.41) is 20.3. The van der Waals surface area contributed by atoms with E-state index >= 15 is 0 Å². The third kappa shape index (κ3) is 7.19. The molecule has 1 rings (SSSR count). The van der Waals surface area contributed by atoms with Crippen molar-refractivity contribution in [2.45, 2.75) is 51.5 Å². The molecule has 4 N–H and O–H groups in total. The quantitative estimate of drug-likeness (QED) is 0.410. The van der Waals surface area contributed by atoms with Gasteiger partial charge in [0.05, 0.1) is 0 Å². The first-order valence-electron chi connectivity index (χ1n) is 6.88. The van der Waals surface area contributed by atoms with E-state index in [1.807, 2.05) is 0 Å². The minimum Gasteiger partial charge on any atom is -0.465 e. The van der Waals surface area contributed by atoms with Crippen molar-refractivity contribution >= 4 is 40.7 Å². The van der Waals surface area contributed by atoms with Crippen LogP contribution in [0.3, 0.4) is 0 Å². The highest BCUT2D eigenvalue weighted by atomic mass is 32.1. The highest BCUT2D eigenvalue weighted by Gasteiger charge is 2.21. The van der Waals surface area contributed by atoms with Crippen LogP contribution in [0.5, 0.6) is 0 Å². The van der Waals surface area contributed by atoms with Crippen LogP contribution in [0.1, 0.15) is 45.4 Å². The zero-order valence-corrected chi connectivity index (χ0v) is 13.5. The fourth-order valence-electron chi connectivity index (χ4n) is 1.85. The van der Waals surface area contributed by atoms with Crippen LogP contribution in [0.4, 0.5) is 9.93 Å². The molecule has 1 unspecified atom stereocenters. The van der Waals surface area contributed by atoms with E-state index in [2.05, 4.69) is 27.8 Å². The summed E-state index contributed by atoms with van der Waals surface area (Å²) in [7, 11) is 0. The number of hydrogen-bond acceptors (Lipinski definition) is 5. The van der Waals surface area contributed by atoms with Crippen LogP contribution in [-0.4, -0.2) is 33.3 Å². The number of carbonyl (C=O) groups excluding carboxylic acids is 1. The molecule has 0 aliphatic carbocycles. The van der Waals surface area contributed by atoms with Crippen LogP contribution >= 0.6 is 23.6 Å². The van der Waals surface area contributed by atoms with Crippen LogP contribution in [0.25, 0.3) is 0 Å². The molecule has 1 heterocycles. The molecular weight excluding hydrogens is 312 g/mol. The second-order valence-electron chi connectivity index (χ2n) is 4.61. The first-order chi connectivity index (χ1) is 10.0. The number of aromatic nitrogens is 2. The predicted octanol–water partition coefficient (Wildman–Crippen LogP) is 3.14. The van der Waals surface area contributed by atoms with E-state index in [0.29, 0.717) is 15.5 Å². The lowest BCUT2D eigenvalue weighted by atomic mass is 10.1. The molecule has 21 heavy (non-hydrogen) atoms. The number of carboxylic acid groups (broad SMARTS) is 1. The molecule has 0 saturated heterocycles. The van der Waals surface area contributed by atoms with Gasteiger partial charge in [-0.1, -0.05) is 50.4 Å². The van der Waals surface area contributed by atoms with Crippen LogP contribution < -0.4 is 10.6 Å². The monoisotopic (exact) mass is 332 g/mol. The van der Waals surface area contributed by atoms with Crippen molar-refractivity contribution in [3.05, 3.63) is 3.95 Å². The molecule has 0 fully saturated rings. The number of amides is 2. The second-order valence-corrected chi connectivity index (χ2v) is 6.28. The summed E-state index contributed by atoms with van der Waals surface area (Å²) in [5.74, 6) is -0.411. The molecular formula is C12H20N4O3S2. The van der Waals surface area contributed by atoms with Gasteiger partial charge in [0.15, 0.2) is 3.95 Å². The fourth-order valence-corrected chi connectivity index (χ4v) is 2.64. The van der Waals surface area contributed by atoms with Crippen LogP contribution in [-0.2, 0) is 4.79 Å². The Hall–Kier alpha value is -1.48. The third-order valence-electron chi connectivity index (χ3n) is 2.88. The van der Waals surface area contributed by atoms with Crippen molar-refractivity contribution in [2.75, 3.05) is 5.32 Å². The van der Waals surface area contributed by atoms with Crippen molar-refractivity contribution in [3.63, 3.8) is 0 Å². The smallest absolute Gasteiger partial charge is 0.405 e. The van der Waals surface area contributed by atoms with Gasteiger partial charge in [-0.25, -0.2) is 4.79 Å². The summed E-state index contributed by atoms with van der Waals surface area (Å²) in [6.45, 7) is 2.13. The van der Waals surface area contributed by atoms with Crippen molar-refractivity contribution in [3.8, 4) is 0 Å². The Bertz CT molecular complexity index is 515. The van der Waals surface area contributed by atoms with Gasteiger partial charge in [0.25, 0.3) is 0 Å². The molecule has 1 aromatic heterocycles. The molecule has 2 amide bonds. The maximum atomic E-state index is 12.1. The number of H-pyrrole nitrogens is 1. The number of anilines is 1. The molecule has 7 nitrogen and oxygen atoms in total. The summed E-state index contributed by atoms with van der Waals surface area (Å²) in [6.07, 6.45) is 4.44. The van der Waals surface area contributed by atoms with Gasteiger partial charge in [0, 0.05) is 0 Å². The highest BCUT2D eigenvalue weighted by molar-refractivity contribution is 7.73. The normalized spacial score (nSPS) is 11.9. The first kappa shape index (κ1) is 17.6. The standard InChI is InChI=1S/C12H20N4O3S2/c1-2-3-4-5-6-7-8(13-11(18)19)9(17)14-10-15-16-12(20)21-10/h8,13H,2-7H2,1H3,(H,16,20)(H,18,19)(H,14,15,17). The molecule has 0 aliphatic rings. The zero-order chi connectivity index (χ0) is 15.7. The van der Waals surface area contributed by atoms with E-state index in [0.717, 1.165) is 43.4 Å². The minimum absolute atomic E-state index is 0.341. The van der Waals surface area contributed by atoms with Crippen molar-refractivity contribution < 1.29 is 14.7 Å². The van der Waals surface area contributed by atoms with E-state index in [4.69, 9.17) is 17.3 Å². The molecule has 0 spiro atoms. The van der Waals surface area contributed by atoms with Gasteiger partial charge in [-0.05, 0) is 18.6 Å². The number of nitrogens with one attached hydrogen (secondary N) is 3. The summed E-state index contributed by atoms with van der Waals surface area (Å²) in [5.41, 5.74) is 0. The number of aromatic amines is 1. The maximum absolute atomic E-state index is 12.1. The molecule has 1 atom stereocenters. The number of hydrogen-bond donors (Lipinski definition) is 4. The molecule has 0 bridgehead atoms. The van der Waals surface area contributed by atoms with E-state index in [1.165, 1.54) is 0 Å². The van der Waals surface area contributed by atoms with Crippen LogP contribution in [0.2, 0.25) is 0 Å². The second kappa shape index (κ2) is 9.46. The lowest BCUT2D eigenvalue weighted by molar-refractivity contribution is -0.118. The largest absolute Gasteiger partial charge is 0.465 e. The fraction of sp³-hybridized carbons (Fsp3) is 0.667. The lowest BCUT2D eigenvalue weighted by Crippen LogP contribution is -2.43. The molecule has 0 aliphatic heterocycles. The maximum Gasteiger partial charge on any atom is 0.405 e. The molecule has 0 saturated carbocycles. The Morgan fingerprint density at radius 1 is 1.38 bits per heavy atom. The molecule has 0 aromatic carbocycles. The van der Waals surface area contributed by atoms with Gasteiger partial charge in [-0.3, -0.25) is 15.2 Å². The van der Waals surface area contributed by atoms with Gasteiger partial charge < -0.3 is 10.4 Å². The summed E-state index contributed by atoms with van der Waals surface area (Å²) < 4.78 is 0.451. The summed E-state index contributed by atoms with van der Waals surface area (Å²) in [4.78, 5) is 22.8. The molecule has 0 radical (unpaired) electrons. The molecule has 9 heteroatoms. The SMILES string of the molecule is CCCCCCCC(NC(=O)O)C(=O)Nc1n[nH]c(=S)s1. The van der Waals surface area contributed by atoms with E-state index in [-0.39, 0.29) is 0 Å². The summed E-state index contributed by atoms with van der Waals surface area (Å²) in [6, 6.07) is -0.776. The Morgan fingerprint density at radius 2 is 2.10 bits per heavy atom. The Balaban J connectivity index is 2.48. The van der Waals surface area contributed by atoms with Gasteiger partial charge >= 0.3 is 6.09 Å². The van der Waals surface area contributed by atoms with E-state index in [1.54, 1.807) is 0 Å². The zero-order valence-electron chi connectivity index (χ0n) is 11.8. The number of rotatable bonds is 9. The Kier molecular flexibility index (Phi) is 7.91. The lowest BCUT2D eigenvalue weighted by Gasteiger charge is -2.15. The van der Waals surface area contributed by atoms with Gasteiger partial charge in [-0.15, -0.1) is 5.10 Å². The number of unbranched alkanes of at least 4 members (excludes halogenated alkanes) is 4.